The zero-order valence-corrected chi connectivity index (χ0v) is 13.5. The molecule has 122 valence electrons. The second-order valence-corrected chi connectivity index (χ2v) is 5.83. The number of aromatic nitrogens is 2. The van der Waals surface area contributed by atoms with Gasteiger partial charge in [-0.2, -0.15) is 0 Å². The molecule has 1 aromatic carbocycles. The first kappa shape index (κ1) is 16.8. The average molecular weight is 337 g/mol. The molecule has 0 spiro atoms. The average Bonchev–Trinajstić information content (AvgIpc) is 2.80. The highest BCUT2D eigenvalue weighted by Crippen LogP contribution is 2.15. The summed E-state index contributed by atoms with van der Waals surface area (Å²) in [4.78, 5) is 34.1. The van der Waals surface area contributed by atoms with E-state index in [1.165, 1.54) is 23.4 Å². The van der Waals surface area contributed by atoms with Gasteiger partial charge in [0.15, 0.2) is 7.05 Å². The Morgan fingerprint density at radius 1 is 1.22 bits per heavy atom. The Hall–Kier alpha value is -2.55. The number of thioether (sulfide) groups is 1. The summed E-state index contributed by atoms with van der Waals surface area (Å²) >= 11 is 1.25. The summed E-state index contributed by atoms with van der Waals surface area (Å²) in [6.45, 7) is 1.43. The molecule has 0 radical (unpaired) electrons. The van der Waals surface area contributed by atoms with Crippen LogP contribution < -0.4 is 20.9 Å². The van der Waals surface area contributed by atoms with Crippen molar-refractivity contribution in [2.75, 3.05) is 16.4 Å². The highest BCUT2D eigenvalue weighted by Gasteiger charge is 2.17. The van der Waals surface area contributed by atoms with Crippen LogP contribution in [0.3, 0.4) is 0 Å². The molecule has 0 bridgehead atoms. The van der Waals surface area contributed by atoms with Gasteiger partial charge in [0.2, 0.25) is 11.8 Å². The van der Waals surface area contributed by atoms with Gasteiger partial charge in [-0.25, -0.2) is 4.79 Å². The molecule has 0 fully saturated rings. The van der Waals surface area contributed by atoms with Gasteiger partial charge >= 0.3 is 10.7 Å². The Balaban J connectivity index is 1.80. The SMILES string of the molecule is CC(=O)Nc1ccc(NC(=O)CCSc2c(=O)o[nH][n+]2C)cc1. The van der Waals surface area contributed by atoms with E-state index in [2.05, 4.69) is 20.4 Å². The van der Waals surface area contributed by atoms with Crippen LogP contribution >= 0.6 is 11.8 Å². The smallest absolute Gasteiger partial charge is 0.326 e. The van der Waals surface area contributed by atoms with Crippen LogP contribution in [0.2, 0.25) is 0 Å². The number of carbonyl (C=O) groups excluding carboxylic acids is 2. The number of hydrogen-bond acceptors (Lipinski definition) is 5. The number of aryl methyl sites for hydroxylation is 1. The second kappa shape index (κ2) is 7.63. The molecule has 0 saturated carbocycles. The first-order valence-corrected chi connectivity index (χ1v) is 7.82. The molecule has 8 nitrogen and oxygen atoms in total. The number of amides is 2. The lowest BCUT2D eigenvalue weighted by Gasteiger charge is -2.06. The maximum atomic E-state index is 11.9. The van der Waals surface area contributed by atoms with Crippen molar-refractivity contribution in [2.24, 2.45) is 7.05 Å². The summed E-state index contributed by atoms with van der Waals surface area (Å²) in [6.07, 6.45) is 0.253. The van der Waals surface area contributed by atoms with E-state index in [-0.39, 0.29) is 18.2 Å². The highest BCUT2D eigenvalue weighted by atomic mass is 32.2. The summed E-state index contributed by atoms with van der Waals surface area (Å²) in [5, 5.41) is 8.22. The van der Waals surface area contributed by atoms with Crippen LogP contribution in [0, 0.1) is 0 Å². The van der Waals surface area contributed by atoms with E-state index in [1.807, 2.05) is 0 Å². The fourth-order valence-electron chi connectivity index (χ4n) is 1.79. The Labute approximate surface area is 136 Å². The Bertz CT molecular complexity index is 751. The van der Waals surface area contributed by atoms with E-state index in [1.54, 1.807) is 31.3 Å². The number of aromatic amines is 1. The van der Waals surface area contributed by atoms with Gasteiger partial charge in [0.1, 0.15) is 0 Å². The molecule has 1 heterocycles. The van der Waals surface area contributed by atoms with Gasteiger partial charge < -0.3 is 10.6 Å². The number of benzene rings is 1. The van der Waals surface area contributed by atoms with Crippen molar-refractivity contribution in [3.63, 3.8) is 0 Å². The minimum atomic E-state index is -0.452. The summed E-state index contributed by atoms with van der Waals surface area (Å²) in [6, 6.07) is 6.82. The predicted octanol–water partition coefficient (Wildman–Crippen LogP) is 0.872. The first-order chi connectivity index (χ1) is 11.0. The monoisotopic (exact) mass is 337 g/mol. The van der Waals surface area contributed by atoms with Gasteiger partial charge in [0, 0.05) is 30.5 Å². The van der Waals surface area contributed by atoms with Gasteiger partial charge in [0.25, 0.3) is 0 Å². The molecule has 2 aromatic rings. The van der Waals surface area contributed by atoms with E-state index in [4.69, 9.17) is 0 Å². The van der Waals surface area contributed by atoms with Crippen LogP contribution in [-0.4, -0.2) is 22.8 Å². The summed E-state index contributed by atoms with van der Waals surface area (Å²) in [7, 11) is 1.66. The van der Waals surface area contributed by atoms with Gasteiger partial charge in [0.05, 0.1) is 0 Å². The van der Waals surface area contributed by atoms with Crippen molar-refractivity contribution >= 4 is 35.0 Å². The molecular weight excluding hydrogens is 320 g/mol. The maximum absolute atomic E-state index is 11.9. The van der Waals surface area contributed by atoms with Crippen LogP contribution in [0.25, 0.3) is 0 Å². The number of nitrogens with zero attached hydrogens (tertiary/aromatic N) is 1. The first-order valence-electron chi connectivity index (χ1n) is 6.83. The molecule has 2 rings (SSSR count). The summed E-state index contributed by atoms with van der Waals surface area (Å²) < 4.78 is 6.08. The zero-order chi connectivity index (χ0) is 16.8. The summed E-state index contributed by atoms with van der Waals surface area (Å²) in [5.41, 5.74) is 0.852. The van der Waals surface area contributed by atoms with Crippen LogP contribution in [0.1, 0.15) is 13.3 Å². The Morgan fingerprint density at radius 2 is 1.83 bits per heavy atom. The fourth-order valence-corrected chi connectivity index (χ4v) is 2.66. The molecule has 23 heavy (non-hydrogen) atoms. The Morgan fingerprint density at radius 3 is 2.35 bits per heavy atom. The third-order valence-corrected chi connectivity index (χ3v) is 3.93. The topological polar surface area (TPSA) is 108 Å². The predicted molar refractivity (Wildman–Crippen MR) is 85.2 cm³/mol. The molecule has 1 aromatic heterocycles. The van der Waals surface area contributed by atoms with Crippen LogP contribution in [0.4, 0.5) is 11.4 Å². The van der Waals surface area contributed by atoms with Crippen molar-refractivity contribution in [1.82, 2.24) is 5.27 Å². The van der Waals surface area contributed by atoms with E-state index < -0.39 is 5.63 Å². The minimum absolute atomic E-state index is 0.152. The molecule has 3 N–H and O–H groups in total. The minimum Gasteiger partial charge on any atom is -0.326 e. The number of H-pyrrole nitrogens is 1. The molecule has 0 aliphatic carbocycles. The van der Waals surface area contributed by atoms with Crippen LogP contribution in [0.5, 0.6) is 0 Å². The van der Waals surface area contributed by atoms with Crippen molar-refractivity contribution in [2.45, 2.75) is 18.4 Å². The molecule has 0 saturated heterocycles. The normalized spacial score (nSPS) is 10.3. The third kappa shape index (κ3) is 4.99. The van der Waals surface area contributed by atoms with Crippen molar-refractivity contribution in [3.8, 4) is 0 Å². The maximum Gasteiger partial charge on any atom is 0.441 e. The lowest BCUT2D eigenvalue weighted by molar-refractivity contribution is -0.772. The van der Waals surface area contributed by atoms with Crippen molar-refractivity contribution in [1.29, 1.82) is 0 Å². The molecule has 0 aliphatic rings. The largest absolute Gasteiger partial charge is 0.441 e. The number of rotatable bonds is 6. The molecule has 0 atom stereocenters. The number of hydrogen-bond donors (Lipinski definition) is 3. The zero-order valence-electron chi connectivity index (χ0n) is 12.7. The standard InChI is InChI=1S/C14H16N4O4S/c1-9(19)15-10-3-5-11(6-4-10)16-12(20)7-8-23-13-14(21)22-17-18(13)2/h3-6,17,21H,7-8H2,1-2H3/p+1. The van der Waals surface area contributed by atoms with Crippen LogP contribution in [-0.2, 0) is 16.6 Å². The molecular formula is C14H17N4O4S+. The second-order valence-electron chi connectivity index (χ2n) is 4.75. The van der Waals surface area contributed by atoms with E-state index in [0.29, 0.717) is 22.2 Å². The van der Waals surface area contributed by atoms with Crippen LogP contribution in [0.15, 0.2) is 38.6 Å². The van der Waals surface area contributed by atoms with Crippen molar-refractivity contribution < 1.29 is 18.8 Å². The highest BCUT2D eigenvalue weighted by molar-refractivity contribution is 7.99. The van der Waals surface area contributed by atoms with Gasteiger partial charge in [-0.15, -0.1) is 0 Å². The van der Waals surface area contributed by atoms with E-state index in [0.717, 1.165) is 0 Å². The number of anilines is 2. The van der Waals surface area contributed by atoms with Gasteiger partial charge in [-0.1, -0.05) is 4.68 Å². The fraction of sp³-hybridized carbons (Fsp3) is 0.286. The molecule has 0 unspecified atom stereocenters. The van der Waals surface area contributed by atoms with E-state index >= 15 is 0 Å². The molecule has 2 amide bonds. The number of carbonyl (C=O) groups is 2. The molecule has 9 heteroatoms. The Kier molecular flexibility index (Phi) is 5.58. The van der Waals surface area contributed by atoms with Crippen molar-refractivity contribution in [3.05, 3.63) is 34.7 Å². The summed E-state index contributed by atoms with van der Waals surface area (Å²) in [5.74, 6) is 0.139. The lowest BCUT2D eigenvalue weighted by atomic mass is 10.2. The van der Waals surface area contributed by atoms with E-state index in [9.17, 15) is 14.4 Å². The number of nitrogens with one attached hydrogen (secondary N) is 3. The lowest BCUT2D eigenvalue weighted by Crippen LogP contribution is -2.33. The van der Waals surface area contributed by atoms with Gasteiger partial charge in [-0.3, -0.25) is 14.1 Å². The molecule has 0 aliphatic heterocycles. The van der Waals surface area contributed by atoms with Gasteiger partial charge in [-0.05, 0) is 41.3 Å². The third-order valence-electron chi connectivity index (χ3n) is 2.81. The quantitative estimate of drug-likeness (QED) is 0.535.